The Morgan fingerprint density at radius 3 is 2.10 bits per heavy atom. The van der Waals surface area contributed by atoms with Crippen LogP contribution in [0.4, 0.5) is 0 Å². The summed E-state index contributed by atoms with van der Waals surface area (Å²) in [4.78, 5) is 4.21. The average molecular weight is 299 g/mol. The van der Waals surface area contributed by atoms with Crippen molar-refractivity contribution in [2.24, 2.45) is 11.3 Å². The topological polar surface area (TPSA) is 91.0 Å². The molecule has 2 atom stereocenters. The van der Waals surface area contributed by atoms with Crippen LogP contribution in [0.15, 0.2) is 0 Å². The Morgan fingerprint density at radius 1 is 1.14 bits per heavy atom. The first-order valence-electron chi connectivity index (χ1n) is 7.65. The molecule has 0 aromatic rings. The lowest BCUT2D eigenvalue weighted by Gasteiger charge is -2.40. The maximum atomic E-state index is 9.07. The van der Waals surface area contributed by atoms with Crippen LogP contribution >= 0.6 is 0 Å². The monoisotopic (exact) mass is 299 g/mol. The van der Waals surface area contributed by atoms with Gasteiger partial charge in [-0.15, -0.1) is 0 Å². The standard InChI is InChI=1S/C8H14N2O3.C7H15N/c1-10-4-2-3-7(5-9,6-10)8(11,12)13;1-7-4-3-5-8(2)6-7/h11-13H,2-4,6H2,1H3;7H,3-6H2,1-2H3. The van der Waals surface area contributed by atoms with Gasteiger partial charge in [0.1, 0.15) is 0 Å². The molecule has 2 aliphatic heterocycles. The van der Waals surface area contributed by atoms with Crippen molar-refractivity contribution in [1.82, 2.24) is 9.80 Å². The molecule has 0 aliphatic carbocycles. The van der Waals surface area contributed by atoms with Gasteiger partial charge in [-0.1, -0.05) is 6.92 Å². The predicted octanol–water partition coefficient (Wildman–Crippen LogP) is 0.201. The number of nitrogens with zero attached hydrogens (tertiary/aromatic N) is 3. The van der Waals surface area contributed by atoms with Crippen molar-refractivity contribution in [2.75, 3.05) is 40.3 Å². The molecule has 0 radical (unpaired) electrons. The first-order chi connectivity index (χ1) is 9.70. The van der Waals surface area contributed by atoms with Crippen molar-refractivity contribution < 1.29 is 15.3 Å². The average Bonchev–Trinajstić information content (AvgIpc) is 2.37. The van der Waals surface area contributed by atoms with E-state index in [0.717, 1.165) is 12.5 Å². The van der Waals surface area contributed by atoms with E-state index in [1.54, 1.807) is 18.0 Å². The molecule has 2 saturated heterocycles. The van der Waals surface area contributed by atoms with E-state index in [1.807, 2.05) is 0 Å². The zero-order valence-electron chi connectivity index (χ0n) is 13.4. The molecule has 0 amide bonds. The van der Waals surface area contributed by atoms with Crippen molar-refractivity contribution in [3.63, 3.8) is 0 Å². The Bertz CT molecular complexity index is 356. The van der Waals surface area contributed by atoms with E-state index in [2.05, 4.69) is 18.9 Å². The molecule has 3 N–H and O–H groups in total. The lowest BCUT2D eigenvalue weighted by Crippen LogP contribution is -2.55. The van der Waals surface area contributed by atoms with Crippen LogP contribution < -0.4 is 0 Å². The van der Waals surface area contributed by atoms with E-state index in [0.29, 0.717) is 12.8 Å². The number of hydrogen-bond donors (Lipinski definition) is 3. The molecule has 21 heavy (non-hydrogen) atoms. The fraction of sp³-hybridized carbons (Fsp3) is 0.933. The molecule has 0 spiro atoms. The Hall–Kier alpha value is -0.710. The summed E-state index contributed by atoms with van der Waals surface area (Å²) in [6.07, 6.45) is 3.81. The van der Waals surface area contributed by atoms with Crippen LogP contribution in [0.3, 0.4) is 0 Å². The summed E-state index contributed by atoms with van der Waals surface area (Å²) in [6.45, 7) is 5.92. The molecule has 122 valence electrons. The summed E-state index contributed by atoms with van der Waals surface area (Å²) in [5.74, 6) is -1.97. The second kappa shape index (κ2) is 7.52. The number of likely N-dealkylation sites (tertiary alicyclic amines) is 2. The van der Waals surface area contributed by atoms with Gasteiger partial charge in [-0.3, -0.25) is 0 Å². The van der Waals surface area contributed by atoms with Gasteiger partial charge in [0, 0.05) is 13.1 Å². The molecule has 0 aromatic heterocycles. The highest BCUT2D eigenvalue weighted by atomic mass is 16.7. The summed E-state index contributed by atoms with van der Waals surface area (Å²) in [5.41, 5.74) is -1.47. The highest BCUT2D eigenvalue weighted by Crippen LogP contribution is 2.36. The van der Waals surface area contributed by atoms with Crippen LogP contribution in [-0.2, 0) is 0 Å². The number of rotatable bonds is 1. The van der Waals surface area contributed by atoms with Crippen LogP contribution in [0.25, 0.3) is 0 Å². The molecule has 0 bridgehead atoms. The summed E-state index contributed by atoms with van der Waals surface area (Å²) in [5, 5.41) is 36.1. The van der Waals surface area contributed by atoms with E-state index >= 15 is 0 Å². The molecule has 6 heteroatoms. The minimum absolute atomic E-state index is 0.174. The van der Waals surface area contributed by atoms with Crippen LogP contribution in [0, 0.1) is 22.7 Å². The Kier molecular flexibility index (Phi) is 6.57. The summed E-state index contributed by atoms with van der Waals surface area (Å²) < 4.78 is 0. The van der Waals surface area contributed by atoms with Crippen LogP contribution in [-0.4, -0.2) is 71.4 Å². The van der Waals surface area contributed by atoms with Gasteiger partial charge >= 0.3 is 0 Å². The van der Waals surface area contributed by atoms with E-state index in [9.17, 15) is 0 Å². The van der Waals surface area contributed by atoms with E-state index in [-0.39, 0.29) is 6.54 Å². The first kappa shape index (κ1) is 18.3. The number of aliphatic hydroxyl groups is 3. The fourth-order valence-electron chi connectivity index (χ4n) is 3.13. The van der Waals surface area contributed by atoms with Crippen LogP contribution in [0.2, 0.25) is 0 Å². The lowest BCUT2D eigenvalue weighted by atomic mass is 9.79. The highest BCUT2D eigenvalue weighted by Gasteiger charge is 2.51. The van der Waals surface area contributed by atoms with Gasteiger partial charge in [0.15, 0.2) is 5.41 Å². The maximum Gasteiger partial charge on any atom is 0.296 e. The Balaban J connectivity index is 0.000000235. The van der Waals surface area contributed by atoms with Gasteiger partial charge < -0.3 is 25.1 Å². The smallest absolute Gasteiger partial charge is 0.296 e. The second-order valence-corrected chi connectivity index (χ2v) is 6.68. The third-order valence-electron chi connectivity index (χ3n) is 4.40. The maximum absolute atomic E-state index is 9.07. The lowest BCUT2D eigenvalue weighted by molar-refractivity contribution is -0.366. The fourth-order valence-corrected chi connectivity index (χ4v) is 3.13. The Labute approximate surface area is 127 Å². The molecule has 2 unspecified atom stereocenters. The van der Waals surface area contributed by atoms with Crippen LogP contribution in [0.5, 0.6) is 0 Å². The third kappa shape index (κ3) is 5.20. The van der Waals surface area contributed by atoms with Crippen LogP contribution in [0.1, 0.15) is 32.6 Å². The van der Waals surface area contributed by atoms with E-state index < -0.39 is 11.4 Å². The number of piperidine rings is 2. The SMILES string of the molecule is CC1CCCN(C)C1.CN1CCCC(C#N)(C(O)(O)O)C1. The number of hydrogen-bond acceptors (Lipinski definition) is 6. The molecular weight excluding hydrogens is 270 g/mol. The van der Waals surface area contributed by atoms with Crippen molar-refractivity contribution in [1.29, 1.82) is 5.26 Å². The van der Waals surface area contributed by atoms with E-state index in [4.69, 9.17) is 20.6 Å². The van der Waals surface area contributed by atoms with Gasteiger partial charge in [-0.25, -0.2) is 0 Å². The zero-order valence-corrected chi connectivity index (χ0v) is 13.4. The van der Waals surface area contributed by atoms with Gasteiger partial charge in [0.05, 0.1) is 6.07 Å². The summed E-state index contributed by atoms with van der Waals surface area (Å²) >= 11 is 0. The largest absolute Gasteiger partial charge is 0.342 e. The quantitative estimate of drug-likeness (QED) is 0.599. The number of nitriles is 1. The summed E-state index contributed by atoms with van der Waals surface area (Å²) in [6, 6.07) is 1.80. The van der Waals surface area contributed by atoms with E-state index in [1.165, 1.54) is 25.9 Å². The molecule has 2 fully saturated rings. The third-order valence-corrected chi connectivity index (χ3v) is 4.40. The van der Waals surface area contributed by atoms with Gasteiger partial charge in [0.2, 0.25) is 0 Å². The van der Waals surface area contributed by atoms with Gasteiger partial charge in [-0.05, 0) is 58.8 Å². The van der Waals surface area contributed by atoms with Crippen molar-refractivity contribution >= 4 is 0 Å². The molecule has 6 nitrogen and oxygen atoms in total. The minimum Gasteiger partial charge on any atom is -0.342 e. The van der Waals surface area contributed by atoms with Gasteiger partial charge in [-0.2, -0.15) is 5.26 Å². The molecule has 2 rings (SSSR count). The molecular formula is C15H29N3O3. The molecule has 0 saturated carbocycles. The minimum atomic E-state index is -2.91. The molecule has 0 aromatic carbocycles. The van der Waals surface area contributed by atoms with Crippen molar-refractivity contribution in [3.05, 3.63) is 0 Å². The zero-order chi connectivity index (χ0) is 16.1. The molecule has 2 aliphatic rings. The highest BCUT2D eigenvalue weighted by molar-refractivity contribution is 5.06. The van der Waals surface area contributed by atoms with Crippen molar-refractivity contribution in [2.45, 2.75) is 38.6 Å². The summed E-state index contributed by atoms with van der Waals surface area (Å²) in [7, 11) is 3.98. The molecule has 2 heterocycles. The predicted molar refractivity (Wildman–Crippen MR) is 80.1 cm³/mol. The first-order valence-corrected chi connectivity index (χ1v) is 7.65. The van der Waals surface area contributed by atoms with Gasteiger partial charge in [0.25, 0.3) is 5.97 Å². The normalized spacial score (nSPS) is 32.0. The van der Waals surface area contributed by atoms with Crippen molar-refractivity contribution in [3.8, 4) is 6.07 Å². The second-order valence-electron chi connectivity index (χ2n) is 6.68. The Morgan fingerprint density at radius 2 is 1.76 bits per heavy atom.